The number of rotatable bonds is 6. The minimum Gasteiger partial charge on any atom is -0.489 e. The molecule has 0 unspecified atom stereocenters. The first kappa shape index (κ1) is 21.3. The predicted molar refractivity (Wildman–Crippen MR) is 104 cm³/mol. The lowest BCUT2D eigenvalue weighted by Crippen LogP contribution is -2.41. The third-order valence-electron chi connectivity index (χ3n) is 4.73. The fourth-order valence-corrected chi connectivity index (χ4v) is 4.26. The number of sulfonamides is 1. The Labute approximate surface area is 170 Å². The van der Waals surface area contributed by atoms with E-state index in [9.17, 15) is 13.2 Å². The summed E-state index contributed by atoms with van der Waals surface area (Å²) in [6.07, 6.45) is 2.14. The Morgan fingerprint density at radius 1 is 1.32 bits per heavy atom. The van der Waals surface area contributed by atoms with Crippen LogP contribution >= 0.6 is 11.6 Å². The molecule has 0 radical (unpaired) electrons. The number of halogens is 1. The molecule has 1 amide bonds. The summed E-state index contributed by atoms with van der Waals surface area (Å²) in [6, 6.07) is 4.89. The smallest absolute Gasteiger partial charge is 0.251 e. The topological polar surface area (TPSA) is 94.2 Å². The summed E-state index contributed by atoms with van der Waals surface area (Å²) in [7, 11) is -3.17. The van der Waals surface area contributed by atoms with Gasteiger partial charge in [-0.15, -0.1) is 0 Å². The summed E-state index contributed by atoms with van der Waals surface area (Å²) in [6.45, 7) is 2.79. The van der Waals surface area contributed by atoms with E-state index >= 15 is 0 Å². The van der Waals surface area contributed by atoms with Gasteiger partial charge in [-0.3, -0.25) is 4.79 Å². The number of benzene rings is 1. The molecule has 1 N–H and O–H groups in total. The average molecular weight is 433 g/mol. The summed E-state index contributed by atoms with van der Waals surface area (Å²) >= 11 is 6.29. The number of ether oxygens (including phenoxy) is 3. The normalized spacial score (nSPS) is 22.0. The van der Waals surface area contributed by atoms with Crippen molar-refractivity contribution in [1.82, 2.24) is 9.62 Å². The number of amides is 1. The van der Waals surface area contributed by atoms with Gasteiger partial charge < -0.3 is 19.5 Å². The van der Waals surface area contributed by atoms with Crippen LogP contribution in [0.15, 0.2) is 18.2 Å². The molecule has 0 aliphatic carbocycles. The van der Waals surface area contributed by atoms with Crippen LogP contribution in [-0.2, 0) is 19.5 Å². The maximum Gasteiger partial charge on any atom is 0.251 e. The van der Waals surface area contributed by atoms with E-state index in [1.807, 2.05) is 0 Å². The van der Waals surface area contributed by atoms with Crippen LogP contribution in [0.3, 0.4) is 0 Å². The first-order valence-corrected chi connectivity index (χ1v) is 11.4. The van der Waals surface area contributed by atoms with Gasteiger partial charge in [-0.2, -0.15) is 0 Å². The number of hydrogen-bond acceptors (Lipinski definition) is 6. The second-order valence-electron chi connectivity index (χ2n) is 6.90. The van der Waals surface area contributed by atoms with E-state index in [4.69, 9.17) is 25.8 Å². The fourth-order valence-electron chi connectivity index (χ4n) is 3.16. The number of nitrogens with zero attached hydrogens (tertiary/aromatic N) is 1. The molecule has 1 aromatic carbocycles. The molecule has 0 aromatic heterocycles. The van der Waals surface area contributed by atoms with Gasteiger partial charge in [-0.05, 0) is 31.0 Å². The van der Waals surface area contributed by atoms with Crippen molar-refractivity contribution >= 4 is 27.5 Å². The van der Waals surface area contributed by atoms with E-state index in [1.165, 1.54) is 10.6 Å². The van der Waals surface area contributed by atoms with Crippen LogP contribution in [0.4, 0.5) is 0 Å². The monoisotopic (exact) mass is 432 g/mol. The van der Waals surface area contributed by atoms with Gasteiger partial charge in [0.25, 0.3) is 5.91 Å². The molecule has 8 nitrogen and oxygen atoms in total. The van der Waals surface area contributed by atoms with Gasteiger partial charge in [-0.1, -0.05) is 11.6 Å². The van der Waals surface area contributed by atoms with Crippen molar-refractivity contribution in [3.05, 3.63) is 28.8 Å². The first-order valence-electron chi connectivity index (χ1n) is 9.22. The highest BCUT2D eigenvalue weighted by Gasteiger charge is 2.26. The van der Waals surface area contributed by atoms with Gasteiger partial charge in [0, 0.05) is 25.2 Å². The molecule has 28 heavy (non-hydrogen) atoms. The Bertz CT molecular complexity index is 789. The third-order valence-corrected chi connectivity index (χ3v) is 6.33. The van der Waals surface area contributed by atoms with E-state index in [2.05, 4.69) is 5.32 Å². The molecule has 0 spiro atoms. The molecule has 2 heterocycles. The second kappa shape index (κ2) is 9.41. The molecule has 1 aromatic rings. The van der Waals surface area contributed by atoms with Gasteiger partial charge in [-0.25, -0.2) is 12.7 Å². The van der Waals surface area contributed by atoms with Crippen molar-refractivity contribution in [2.24, 2.45) is 0 Å². The summed E-state index contributed by atoms with van der Waals surface area (Å²) < 4.78 is 41.3. The van der Waals surface area contributed by atoms with Crippen molar-refractivity contribution in [3.63, 3.8) is 0 Å². The van der Waals surface area contributed by atoms with E-state index in [1.54, 1.807) is 18.2 Å². The predicted octanol–water partition coefficient (Wildman–Crippen LogP) is 1.29. The largest absolute Gasteiger partial charge is 0.489 e. The zero-order chi connectivity index (χ0) is 20.1. The van der Waals surface area contributed by atoms with Gasteiger partial charge in [0.2, 0.25) is 10.0 Å². The lowest BCUT2D eigenvalue weighted by atomic mass is 10.1. The number of hydrogen-bond donors (Lipinski definition) is 1. The third kappa shape index (κ3) is 5.81. The number of carbonyl (C=O) groups is 1. The maximum absolute atomic E-state index is 12.3. The molecule has 2 fully saturated rings. The van der Waals surface area contributed by atoms with Crippen molar-refractivity contribution < 1.29 is 27.4 Å². The molecular weight excluding hydrogens is 408 g/mol. The summed E-state index contributed by atoms with van der Waals surface area (Å²) in [5, 5.41) is 3.15. The molecule has 0 bridgehead atoms. The highest BCUT2D eigenvalue weighted by molar-refractivity contribution is 7.88. The SMILES string of the molecule is CS(=O)(=O)N1CCC(Oc2ccc(C(=O)NC[C@H]3COCCO3)cc2Cl)CC1. The minimum atomic E-state index is -3.17. The van der Waals surface area contributed by atoms with Crippen LogP contribution in [0.2, 0.25) is 5.02 Å². The number of carbonyl (C=O) groups excluding carboxylic acids is 1. The van der Waals surface area contributed by atoms with E-state index in [0.29, 0.717) is 68.6 Å². The van der Waals surface area contributed by atoms with Gasteiger partial charge in [0.15, 0.2) is 0 Å². The van der Waals surface area contributed by atoms with Gasteiger partial charge in [0.05, 0.1) is 37.2 Å². The number of nitrogens with one attached hydrogen (secondary N) is 1. The van der Waals surface area contributed by atoms with Gasteiger partial charge in [0.1, 0.15) is 11.9 Å². The van der Waals surface area contributed by atoms with Crippen LogP contribution in [0.1, 0.15) is 23.2 Å². The number of piperidine rings is 1. The maximum atomic E-state index is 12.3. The molecule has 2 aliphatic heterocycles. The Hall–Kier alpha value is -1.39. The Morgan fingerprint density at radius 3 is 2.68 bits per heavy atom. The summed E-state index contributed by atoms with van der Waals surface area (Å²) in [5.41, 5.74) is 0.431. The van der Waals surface area contributed by atoms with Crippen LogP contribution in [0.25, 0.3) is 0 Å². The highest BCUT2D eigenvalue weighted by atomic mass is 35.5. The first-order chi connectivity index (χ1) is 13.3. The van der Waals surface area contributed by atoms with Crippen molar-refractivity contribution in [3.8, 4) is 5.75 Å². The van der Waals surface area contributed by atoms with Crippen LogP contribution in [0, 0.1) is 0 Å². The Balaban J connectivity index is 1.51. The van der Waals surface area contributed by atoms with Crippen LogP contribution in [0.5, 0.6) is 5.75 Å². The van der Waals surface area contributed by atoms with E-state index < -0.39 is 10.0 Å². The molecule has 1 atom stereocenters. The lowest BCUT2D eigenvalue weighted by Gasteiger charge is -2.30. The zero-order valence-electron chi connectivity index (χ0n) is 15.7. The zero-order valence-corrected chi connectivity index (χ0v) is 17.3. The molecule has 10 heteroatoms. The molecule has 2 saturated heterocycles. The summed E-state index contributed by atoms with van der Waals surface area (Å²) in [5.74, 6) is 0.240. The molecule has 2 aliphatic rings. The van der Waals surface area contributed by atoms with Crippen molar-refractivity contribution in [2.75, 3.05) is 45.7 Å². The molecule has 156 valence electrons. The van der Waals surface area contributed by atoms with Gasteiger partial charge >= 0.3 is 0 Å². The van der Waals surface area contributed by atoms with Crippen molar-refractivity contribution in [1.29, 1.82) is 0 Å². The standard InChI is InChI=1S/C18H25ClN2O6S/c1-28(23,24)21-6-4-14(5-7-21)27-17-3-2-13(10-16(17)19)18(22)20-11-15-12-25-8-9-26-15/h2-3,10,14-15H,4-9,11-12H2,1H3,(H,20,22)/t15-/m0/s1. The Kier molecular flexibility index (Phi) is 7.16. The molecule has 3 rings (SSSR count). The highest BCUT2D eigenvalue weighted by Crippen LogP contribution is 2.28. The molecular formula is C18H25ClN2O6S. The molecule has 0 saturated carbocycles. The summed E-state index contributed by atoms with van der Waals surface area (Å²) in [4.78, 5) is 12.3. The fraction of sp³-hybridized carbons (Fsp3) is 0.611. The quantitative estimate of drug-likeness (QED) is 0.727. The Morgan fingerprint density at radius 2 is 2.07 bits per heavy atom. The van der Waals surface area contributed by atoms with E-state index in [0.717, 1.165) is 0 Å². The average Bonchev–Trinajstić information content (AvgIpc) is 2.68. The van der Waals surface area contributed by atoms with Crippen LogP contribution in [-0.4, -0.2) is 76.5 Å². The van der Waals surface area contributed by atoms with Crippen molar-refractivity contribution in [2.45, 2.75) is 25.0 Å². The minimum absolute atomic E-state index is 0.112. The van der Waals surface area contributed by atoms with Crippen LogP contribution < -0.4 is 10.1 Å². The second-order valence-corrected chi connectivity index (χ2v) is 9.29. The lowest BCUT2D eigenvalue weighted by molar-refractivity contribution is -0.0855. The van der Waals surface area contributed by atoms with E-state index in [-0.39, 0.29) is 18.1 Å².